The van der Waals surface area contributed by atoms with E-state index in [4.69, 9.17) is 4.99 Å². The van der Waals surface area contributed by atoms with Crippen LogP contribution in [-0.2, 0) is 4.79 Å². The van der Waals surface area contributed by atoms with E-state index in [-0.39, 0.29) is 17.4 Å². The summed E-state index contributed by atoms with van der Waals surface area (Å²) in [4.78, 5) is 36.1. The van der Waals surface area contributed by atoms with Crippen LogP contribution in [0, 0.1) is 6.92 Å². The van der Waals surface area contributed by atoms with E-state index in [1.807, 2.05) is 72.8 Å². The Morgan fingerprint density at radius 1 is 0.923 bits per heavy atom. The van der Waals surface area contributed by atoms with Gasteiger partial charge in [0.2, 0.25) is 0 Å². The third kappa shape index (κ3) is 4.51. The van der Waals surface area contributed by atoms with Gasteiger partial charge in [-0.1, -0.05) is 48.5 Å². The first-order valence-electron chi connectivity index (χ1n) is 12.1. The number of amidine groups is 1. The van der Waals surface area contributed by atoms with Crippen LogP contribution < -0.4 is 15.9 Å². The second-order valence-electron chi connectivity index (χ2n) is 8.80. The van der Waals surface area contributed by atoms with E-state index in [1.54, 1.807) is 30.0 Å². The van der Waals surface area contributed by atoms with E-state index in [2.05, 4.69) is 20.6 Å². The number of aliphatic hydroxyl groups is 1. The number of para-hydroxylation sites is 1. The van der Waals surface area contributed by atoms with Crippen molar-refractivity contribution in [2.45, 2.75) is 6.92 Å². The van der Waals surface area contributed by atoms with Crippen molar-refractivity contribution in [1.29, 1.82) is 0 Å². The fourth-order valence-corrected chi connectivity index (χ4v) is 4.23. The van der Waals surface area contributed by atoms with Crippen molar-refractivity contribution in [3.63, 3.8) is 0 Å². The number of aromatic nitrogens is 2. The minimum Gasteiger partial charge on any atom is -0.491 e. The minimum atomic E-state index is -0.413. The number of benzene rings is 3. The molecule has 3 heterocycles. The van der Waals surface area contributed by atoms with E-state index >= 15 is 0 Å². The summed E-state index contributed by atoms with van der Waals surface area (Å²) in [6, 6.07) is 27.4. The monoisotopic (exact) mass is 515 g/mol. The molecule has 2 aliphatic heterocycles. The number of fused-ring (bicyclic) bond motifs is 1. The van der Waals surface area contributed by atoms with E-state index in [0.29, 0.717) is 28.6 Å². The van der Waals surface area contributed by atoms with Crippen LogP contribution >= 0.6 is 0 Å². The highest BCUT2D eigenvalue weighted by molar-refractivity contribution is 6.45. The lowest BCUT2D eigenvalue weighted by molar-refractivity contribution is -0.113. The van der Waals surface area contributed by atoms with Crippen LogP contribution in [0.25, 0.3) is 6.08 Å². The molecule has 4 aromatic rings. The van der Waals surface area contributed by atoms with Gasteiger partial charge in [-0.3, -0.25) is 19.9 Å². The van der Waals surface area contributed by atoms with Crippen molar-refractivity contribution in [3.8, 4) is 0 Å². The molecule has 0 unspecified atom stereocenters. The second kappa shape index (κ2) is 9.67. The Labute approximate surface area is 222 Å². The first-order chi connectivity index (χ1) is 19.0. The number of nitrogens with one attached hydrogen (secondary N) is 1. The molecule has 190 valence electrons. The molecule has 1 aromatic heterocycles. The first kappa shape index (κ1) is 23.7. The number of carbonyl (C=O) groups excluding carboxylic acids is 1. The number of hydrogen-bond donors (Lipinski definition) is 2. The van der Waals surface area contributed by atoms with E-state index in [0.717, 1.165) is 15.8 Å². The molecule has 10 heteroatoms. The van der Waals surface area contributed by atoms with Crippen LogP contribution in [0.15, 0.2) is 117 Å². The van der Waals surface area contributed by atoms with Gasteiger partial charge in [0.1, 0.15) is 11.5 Å². The minimum absolute atomic E-state index is 0.0524. The Morgan fingerprint density at radius 3 is 2.33 bits per heavy atom. The SMILES string of the molecule is Cc1cc(=O)n2c(n1)/C(=N/Nc1ccc(C3=N/C(=C/c4ccccc4)C(=O)N3c3ccccc3)cc1)C(O)=N2. The van der Waals surface area contributed by atoms with Crippen molar-refractivity contribution < 1.29 is 9.90 Å². The number of nitrogens with zero attached hydrogens (tertiary/aromatic N) is 6. The maximum absolute atomic E-state index is 13.4. The zero-order chi connectivity index (χ0) is 26.9. The summed E-state index contributed by atoms with van der Waals surface area (Å²) in [5.41, 5.74) is 6.25. The molecule has 0 atom stereocenters. The number of aliphatic imine (C=N–C) groups is 1. The van der Waals surface area contributed by atoms with Gasteiger partial charge in [0.05, 0.1) is 11.4 Å². The Kier molecular flexibility index (Phi) is 5.89. The van der Waals surface area contributed by atoms with Crippen molar-refractivity contribution in [3.05, 3.63) is 130 Å². The highest BCUT2D eigenvalue weighted by atomic mass is 16.3. The molecule has 0 bridgehead atoms. The molecule has 0 spiro atoms. The van der Waals surface area contributed by atoms with Gasteiger partial charge in [0.25, 0.3) is 17.4 Å². The summed E-state index contributed by atoms with van der Waals surface area (Å²) >= 11 is 0. The van der Waals surface area contributed by atoms with Gasteiger partial charge in [-0.15, -0.1) is 5.10 Å². The predicted octanol–water partition coefficient (Wildman–Crippen LogP) is 3.94. The zero-order valence-electron chi connectivity index (χ0n) is 20.7. The van der Waals surface area contributed by atoms with Crippen LogP contribution in [0.2, 0.25) is 0 Å². The molecule has 10 nitrogen and oxygen atoms in total. The van der Waals surface area contributed by atoms with Crippen molar-refractivity contribution in [2.24, 2.45) is 15.2 Å². The molecule has 3 aromatic carbocycles. The summed E-state index contributed by atoms with van der Waals surface area (Å²) in [7, 11) is 0. The van der Waals surface area contributed by atoms with Crippen LogP contribution in [0.1, 0.15) is 22.6 Å². The molecule has 0 saturated carbocycles. The normalized spacial score (nSPS) is 16.4. The number of amides is 1. The molecule has 39 heavy (non-hydrogen) atoms. The Hall–Kier alpha value is -5.64. The Balaban J connectivity index is 1.31. The fraction of sp³-hybridized carbons (Fsp3) is 0.0345. The molecule has 0 saturated heterocycles. The molecule has 0 radical (unpaired) electrons. The highest BCUT2D eigenvalue weighted by Gasteiger charge is 2.32. The van der Waals surface area contributed by atoms with Crippen molar-refractivity contribution in [1.82, 2.24) is 9.66 Å². The number of hydrazone groups is 1. The van der Waals surface area contributed by atoms with Crippen LogP contribution in [0.3, 0.4) is 0 Å². The van der Waals surface area contributed by atoms with Gasteiger partial charge in [0.15, 0.2) is 11.5 Å². The summed E-state index contributed by atoms with van der Waals surface area (Å²) in [5, 5.41) is 18.2. The lowest BCUT2D eigenvalue weighted by Gasteiger charge is -2.18. The smallest absolute Gasteiger partial charge is 0.282 e. The van der Waals surface area contributed by atoms with Gasteiger partial charge < -0.3 is 5.11 Å². The second-order valence-corrected chi connectivity index (χ2v) is 8.80. The molecular formula is C29H21N7O3. The first-order valence-corrected chi connectivity index (χ1v) is 12.1. The van der Waals surface area contributed by atoms with Crippen LogP contribution in [0.5, 0.6) is 0 Å². The molecule has 0 aliphatic carbocycles. The molecule has 6 rings (SSSR count). The van der Waals surface area contributed by atoms with E-state index in [1.165, 1.54) is 6.07 Å². The highest BCUT2D eigenvalue weighted by Crippen LogP contribution is 2.28. The number of carbonyl (C=O) groups is 1. The van der Waals surface area contributed by atoms with E-state index in [9.17, 15) is 14.7 Å². The predicted molar refractivity (Wildman–Crippen MR) is 150 cm³/mol. The third-order valence-corrected chi connectivity index (χ3v) is 6.06. The zero-order valence-corrected chi connectivity index (χ0v) is 20.7. The maximum Gasteiger partial charge on any atom is 0.282 e. The van der Waals surface area contributed by atoms with Gasteiger partial charge in [-0.2, -0.15) is 9.78 Å². The lowest BCUT2D eigenvalue weighted by Crippen LogP contribution is -2.32. The molecule has 0 fully saturated rings. The lowest BCUT2D eigenvalue weighted by atomic mass is 10.1. The van der Waals surface area contributed by atoms with Crippen molar-refractivity contribution in [2.75, 3.05) is 10.3 Å². The largest absolute Gasteiger partial charge is 0.491 e. The van der Waals surface area contributed by atoms with Crippen LogP contribution in [0.4, 0.5) is 11.4 Å². The molecular weight excluding hydrogens is 494 g/mol. The van der Waals surface area contributed by atoms with Gasteiger partial charge in [-0.05, 0) is 55.0 Å². The summed E-state index contributed by atoms with van der Waals surface area (Å²) < 4.78 is 1.000. The molecule has 1 amide bonds. The number of aryl methyl sites for hydroxylation is 1. The summed E-state index contributed by atoms with van der Waals surface area (Å²) in [6.45, 7) is 1.68. The number of aliphatic hydroxyl groups excluding tert-OH is 1. The molecule has 2 aliphatic rings. The average molecular weight is 516 g/mol. The number of anilines is 2. The van der Waals surface area contributed by atoms with Crippen molar-refractivity contribution >= 4 is 40.8 Å². The summed E-state index contributed by atoms with van der Waals surface area (Å²) in [6.07, 6.45) is 1.77. The topological polar surface area (TPSA) is 125 Å². The van der Waals surface area contributed by atoms with Gasteiger partial charge in [-0.25, -0.2) is 9.98 Å². The maximum atomic E-state index is 13.4. The Bertz CT molecular complexity index is 1770. The number of rotatable bonds is 5. The van der Waals surface area contributed by atoms with E-state index < -0.39 is 11.5 Å². The average Bonchev–Trinajstić information content (AvgIpc) is 3.44. The van der Waals surface area contributed by atoms with Gasteiger partial charge in [0, 0.05) is 17.3 Å². The third-order valence-electron chi connectivity index (χ3n) is 6.06. The van der Waals surface area contributed by atoms with Crippen LogP contribution in [-0.4, -0.2) is 38.1 Å². The van der Waals surface area contributed by atoms with Gasteiger partial charge >= 0.3 is 0 Å². The quantitative estimate of drug-likeness (QED) is 0.308. The summed E-state index contributed by atoms with van der Waals surface area (Å²) in [5.74, 6) is 0.0159. The fourth-order valence-electron chi connectivity index (χ4n) is 4.23. The standard InChI is InChI=1S/C29H21N7O3/c1-18-16-24(37)36-27(30-18)25(28(38)34-36)33-32-21-14-12-20(13-15-21)26-31-23(17-19-8-4-2-5-9-19)29(39)35(26)22-10-6-3-7-11-22/h2-17,32H,1H3,(H,34,38)/b23-17+,33-25-. The molecule has 2 N–H and O–H groups in total. The Morgan fingerprint density at radius 2 is 1.62 bits per heavy atom. The number of hydrogen-bond acceptors (Lipinski definition) is 7.